The molecule has 0 amide bonds. The average Bonchev–Trinajstić information content (AvgIpc) is 2.61. The Morgan fingerprint density at radius 2 is 1.30 bits per heavy atom. The predicted octanol–water partition coefficient (Wildman–Crippen LogP) is 6.80. The number of unbranched alkanes of at least 4 members (excludes halogenated alkanes) is 10. The molecule has 0 unspecified atom stereocenters. The maximum atomic E-state index is 5.65. The van der Waals surface area contributed by atoms with Crippen molar-refractivity contribution >= 4 is 11.9 Å². The lowest BCUT2D eigenvalue weighted by Crippen LogP contribution is -1.97. The van der Waals surface area contributed by atoms with Gasteiger partial charge in [0.05, 0.1) is 6.20 Å². The summed E-state index contributed by atoms with van der Waals surface area (Å²) >= 11 is 1.40. The molecule has 1 N–H and O–H groups in total. The summed E-state index contributed by atoms with van der Waals surface area (Å²) in [6.45, 7) is 6.51. The normalized spacial score (nSPS) is 12.6. The standard InChI is InChI=1S/C16H34O.C2H3N3S/c1-3-5-7-9-11-13-15-17-16-14-12-10-8-6-4-2;1-2-6-5-4-3-1/h3-16H2,1-2H3;1-2H,(H,3,5). The van der Waals surface area contributed by atoms with E-state index in [1.807, 2.05) is 5.41 Å². The van der Waals surface area contributed by atoms with E-state index in [1.165, 1.54) is 89.0 Å². The van der Waals surface area contributed by atoms with Gasteiger partial charge in [-0.2, -0.15) is 0 Å². The van der Waals surface area contributed by atoms with Crippen molar-refractivity contribution in [1.29, 1.82) is 0 Å². The highest BCUT2D eigenvalue weighted by atomic mass is 32.2. The summed E-state index contributed by atoms with van der Waals surface area (Å²) in [4.78, 5) is 2.57. The predicted molar refractivity (Wildman–Crippen MR) is 102 cm³/mol. The van der Waals surface area contributed by atoms with Crippen LogP contribution in [0.25, 0.3) is 0 Å². The first kappa shape index (κ1) is 22.4. The van der Waals surface area contributed by atoms with Crippen LogP contribution >= 0.6 is 11.9 Å². The van der Waals surface area contributed by atoms with Crippen molar-refractivity contribution in [3.05, 3.63) is 11.6 Å². The number of rotatable bonds is 14. The van der Waals surface area contributed by atoms with Crippen LogP contribution in [0.15, 0.2) is 21.9 Å². The molecule has 0 fully saturated rings. The minimum Gasteiger partial charge on any atom is -0.381 e. The third-order valence-corrected chi connectivity index (χ3v) is 4.08. The summed E-state index contributed by atoms with van der Waals surface area (Å²) in [5.41, 5.74) is 0. The van der Waals surface area contributed by atoms with E-state index in [0.717, 1.165) is 13.2 Å². The molecule has 4 nitrogen and oxygen atoms in total. The van der Waals surface area contributed by atoms with E-state index >= 15 is 0 Å². The lowest BCUT2D eigenvalue weighted by Gasteiger charge is -2.04. The molecule has 136 valence electrons. The maximum absolute atomic E-state index is 5.65. The van der Waals surface area contributed by atoms with Crippen LogP contribution in [0.2, 0.25) is 0 Å². The van der Waals surface area contributed by atoms with E-state index in [4.69, 9.17) is 4.74 Å². The van der Waals surface area contributed by atoms with Crippen LogP contribution in [0.3, 0.4) is 0 Å². The van der Waals surface area contributed by atoms with Gasteiger partial charge in [0.25, 0.3) is 0 Å². The second-order valence-corrected chi connectivity index (χ2v) is 6.55. The Morgan fingerprint density at radius 1 is 0.783 bits per heavy atom. The molecule has 0 atom stereocenters. The van der Waals surface area contributed by atoms with Crippen LogP contribution in [0, 0.1) is 0 Å². The van der Waals surface area contributed by atoms with Crippen molar-refractivity contribution in [2.24, 2.45) is 10.3 Å². The first-order chi connectivity index (χ1) is 11.4. The second-order valence-electron chi connectivity index (χ2n) is 5.86. The summed E-state index contributed by atoms with van der Waals surface area (Å²) in [5.74, 6) is 0. The summed E-state index contributed by atoms with van der Waals surface area (Å²) in [7, 11) is 0. The monoisotopic (exact) mass is 343 g/mol. The quantitative estimate of drug-likeness (QED) is 0.278. The van der Waals surface area contributed by atoms with Crippen molar-refractivity contribution in [1.82, 2.24) is 4.83 Å². The Balaban J connectivity index is 0.000000664. The number of nitrogens with one attached hydrogen (secondary N) is 1. The van der Waals surface area contributed by atoms with Crippen molar-refractivity contribution in [2.45, 2.75) is 90.9 Å². The van der Waals surface area contributed by atoms with E-state index < -0.39 is 0 Å². The first-order valence-corrected chi connectivity index (χ1v) is 10.3. The highest BCUT2D eigenvalue weighted by molar-refractivity contribution is 8.00. The summed E-state index contributed by atoms with van der Waals surface area (Å²) in [5, 5.41) is 8.73. The molecule has 0 aromatic heterocycles. The minimum atomic E-state index is 0.987. The van der Waals surface area contributed by atoms with E-state index in [-0.39, 0.29) is 0 Å². The number of hydrogen-bond acceptors (Lipinski definition) is 5. The van der Waals surface area contributed by atoms with E-state index in [1.54, 1.807) is 6.20 Å². The fourth-order valence-corrected chi connectivity index (χ4v) is 2.51. The van der Waals surface area contributed by atoms with Crippen LogP contribution in [0.4, 0.5) is 0 Å². The van der Waals surface area contributed by atoms with Crippen LogP contribution in [-0.2, 0) is 4.74 Å². The molecule has 1 heterocycles. The number of nitrogens with zero attached hydrogens (tertiary/aromatic N) is 2. The number of ether oxygens (including phenoxy) is 1. The van der Waals surface area contributed by atoms with Gasteiger partial charge in [-0.25, -0.2) is 4.83 Å². The molecular weight excluding hydrogens is 306 g/mol. The summed E-state index contributed by atoms with van der Waals surface area (Å²) in [6.07, 6.45) is 18.0. The van der Waals surface area contributed by atoms with Crippen molar-refractivity contribution in [2.75, 3.05) is 13.2 Å². The van der Waals surface area contributed by atoms with Gasteiger partial charge >= 0.3 is 0 Å². The van der Waals surface area contributed by atoms with Crippen molar-refractivity contribution in [3.8, 4) is 0 Å². The first-order valence-electron chi connectivity index (χ1n) is 9.45. The third kappa shape index (κ3) is 21.5. The van der Waals surface area contributed by atoms with Crippen LogP contribution in [0.5, 0.6) is 0 Å². The molecule has 1 aliphatic rings. The minimum absolute atomic E-state index is 0.987. The zero-order valence-electron chi connectivity index (χ0n) is 15.3. The maximum Gasteiger partial charge on any atom is 0.0594 e. The highest BCUT2D eigenvalue weighted by Gasteiger charge is 1.92. The van der Waals surface area contributed by atoms with Crippen LogP contribution < -0.4 is 4.83 Å². The smallest absolute Gasteiger partial charge is 0.0594 e. The molecule has 0 saturated carbocycles. The SMILES string of the molecule is C1=CSNN=N1.CCCCCCCCOCCCCCCCC. The fraction of sp³-hybridized carbons (Fsp3) is 0.889. The second kappa shape index (κ2) is 21.4. The largest absolute Gasteiger partial charge is 0.381 e. The fourth-order valence-electron chi connectivity index (χ4n) is 2.24. The Kier molecular flexibility index (Phi) is 20.9. The van der Waals surface area contributed by atoms with Crippen molar-refractivity contribution in [3.63, 3.8) is 0 Å². The van der Waals surface area contributed by atoms with Gasteiger partial charge in [-0.3, -0.25) is 0 Å². The van der Waals surface area contributed by atoms with Crippen LogP contribution in [-0.4, -0.2) is 13.2 Å². The molecule has 0 saturated heterocycles. The van der Waals surface area contributed by atoms with Crippen molar-refractivity contribution < 1.29 is 4.74 Å². The van der Waals surface area contributed by atoms with E-state index in [9.17, 15) is 0 Å². The lowest BCUT2D eigenvalue weighted by molar-refractivity contribution is 0.125. The molecule has 0 spiro atoms. The molecule has 1 aliphatic heterocycles. The zero-order chi connectivity index (χ0) is 16.8. The third-order valence-electron chi connectivity index (χ3n) is 3.63. The van der Waals surface area contributed by atoms with Gasteiger partial charge in [0, 0.05) is 18.6 Å². The molecule has 23 heavy (non-hydrogen) atoms. The Morgan fingerprint density at radius 3 is 1.65 bits per heavy atom. The molecule has 5 heteroatoms. The average molecular weight is 344 g/mol. The van der Waals surface area contributed by atoms with Gasteiger partial charge in [0.2, 0.25) is 0 Å². The molecule has 1 rings (SSSR count). The molecule has 0 radical (unpaired) electrons. The van der Waals surface area contributed by atoms with Gasteiger partial charge < -0.3 is 4.74 Å². The van der Waals surface area contributed by atoms with E-state index in [2.05, 4.69) is 29.0 Å². The molecule has 0 aliphatic carbocycles. The topological polar surface area (TPSA) is 46.0 Å². The zero-order valence-corrected chi connectivity index (χ0v) is 16.1. The summed E-state index contributed by atoms with van der Waals surface area (Å²) in [6, 6.07) is 0. The van der Waals surface area contributed by atoms with Gasteiger partial charge in [-0.15, -0.1) is 5.11 Å². The van der Waals surface area contributed by atoms with E-state index in [0.29, 0.717) is 0 Å². The number of hydrogen-bond donors (Lipinski definition) is 1. The highest BCUT2D eigenvalue weighted by Crippen LogP contribution is 2.07. The van der Waals surface area contributed by atoms with Gasteiger partial charge in [-0.05, 0) is 24.8 Å². The van der Waals surface area contributed by atoms with Gasteiger partial charge in [-0.1, -0.05) is 83.3 Å². The lowest BCUT2D eigenvalue weighted by atomic mass is 10.1. The molecule has 0 aromatic rings. The molecule has 0 bridgehead atoms. The summed E-state index contributed by atoms with van der Waals surface area (Å²) < 4.78 is 5.65. The Labute approximate surface area is 148 Å². The Bertz CT molecular complexity index is 247. The van der Waals surface area contributed by atoms with Gasteiger partial charge in [0.15, 0.2) is 0 Å². The Hall–Kier alpha value is -0.550. The molecule has 0 aromatic carbocycles. The van der Waals surface area contributed by atoms with Crippen LogP contribution in [0.1, 0.15) is 90.9 Å². The molecular formula is C18H37N3OS. The van der Waals surface area contributed by atoms with Gasteiger partial charge in [0.1, 0.15) is 0 Å².